The largest absolute Gasteiger partial charge is 0.464 e. The van der Waals surface area contributed by atoms with Gasteiger partial charge in [0.05, 0.1) is 6.61 Å². The van der Waals surface area contributed by atoms with Crippen LogP contribution in [0.15, 0.2) is 29.2 Å². The number of rotatable bonds is 12. The fraction of sp³-hybridized carbons (Fsp3) is 0.619. The van der Waals surface area contributed by atoms with E-state index in [9.17, 15) is 9.59 Å². The Morgan fingerprint density at radius 2 is 2.15 bits per heavy atom. The molecule has 0 spiro atoms. The minimum atomic E-state index is -0.426. The first-order chi connectivity index (χ1) is 13.2. The second-order valence-electron chi connectivity index (χ2n) is 6.60. The molecule has 1 aromatic rings. The number of ether oxygens (including phenoxy) is 3. The zero-order valence-corrected chi connectivity index (χ0v) is 16.9. The van der Waals surface area contributed by atoms with E-state index >= 15 is 0 Å². The van der Waals surface area contributed by atoms with Crippen molar-refractivity contribution in [2.75, 3.05) is 25.6 Å². The van der Waals surface area contributed by atoms with E-state index in [1.807, 2.05) is 19.1 Å². The highest BCUT2D eigenvalue weighted by molar-refractivity contribution is 7.99. The van der Waals surface area contributed by atoms with Gasteiger partial charge in [-0.15, -0.1) is 11.8 Å². The third-order valence-electron chi connectivity index (χ3n) is 4.22. The quantitative estimate of drug-likeness (QED) is 0.229. The van der Waals surface area contributed by atoms with Gasteiger partial charge in [0.2, 0.25) is 0 Å². The third-order valence-corrected chi connectivity index (χ3v) is 5.17. The minimum absolute atomic E-state index is 0.0461. The summed E-state index contributed by atoms with van der Waals surface area (Å²) in [5.74, 6) is 0.192. The van der Waals surface area contributed by atoms with Crippen LogP contribution in [0, 0.1) is 0 Å². The Kier molecular flexibility index (Phi) is 10.5. The fourth-order valence-electron chi connectivity index (χ4n) is 2.84. The number of hydrogen-bond donors (Lipinski definition) is 0. The zero-order valence-electron chi connectivity index (χ0n) is 16.1. The average Bonchev–Trinajstić information content (AvgIpc) is 2.67. The van der Waals surface area contributed by atoms with E-state index in [2.05, 4.69) is 12.1 Å². The predicted octanol–water partition coefficient (Wildman–Crippen LogP) is 4.17. The Balaban J connectivity index is 1.61. The lowest BCUT2D eigenvalue weighted by molar-refractivity contribution is -0.161. The molecule has 1 saturated heterocycles. The van der Waals surface area contributed by atoms with Crippen LogP contribution in [0.5, 0.6) is 0 Å². The summed E-state index contributed by atoms with van der Waals surface area (Å²) in [6.07, 6.45) is 5.18. The molecule has 2 rings (SSSR count). The van der Waals surface area contributed by atoms with Crippen molar-refractivity contribution >= 4 is 23.5 Å². The van der Waals surface area contributed by atoms with Crippen LogP contribution in [-0.4, -0.2) is 43.6 Å². The SMILES string of the molecule is CCCC(=O)CC(=O)OCCSc1cccc(CCOC2CCCCO2)c1. The molecular weight excluding hydrogens is 364 g/mol. The van der Waals surface area contributed by atoms with Crippen LogP contribution in [0.3, 0.4) is 0 Å². The summed E-state index contributed by atoms with van der Waals surface area (Å²) in [5.41, 5.74) is 1.22. The molecule has 150 valence electrons. The Morgan fingerprint density at radius 1 is 1.26 bits per heavy atom. The zero-order chi connectivity index (χ0) is 19.3. The number of hydrogen-bond acceptors (Lipinski definition) is 6. The van der Waals surface area contributed by atoms with Gasteiger partial charge in [0, 0.05) is 23.7 Å². The van der Waals surface area contributed by atoms with E-state index in [0.717, 1.165) is 37.2 Å². The van der Waals surface area contributed by atoms with Gasteiger partial charge in [-0.3, -0.25) is 9.59 Å². The maximum atomic E-state index is 11.6. The maximum absolute atomic E-state index is 11.6. The minimum Gasteiger partial charge on any atom is -0.464 e. The molecule has 1 fully saturated rings. The lowest BCUT2D eigenvalue weighted by Gasteiger charge is -2.22. The summed E-state index contributed by atoms with van der Waals surface area (Å²) >= 11 is 1.64. The first-order valence-corrected chi connectivity index (χ1v) is 10.8. The number of thioether (sulfide) groups is 1. The fourth-order valence-corrected chi connectivity index (χ4v) is 3.65. The summed E-state index contributed by atoms with van der Waals surface area (Å²) in [6, 6.07) is 8.31. The summed E-state index contributed by atoms with van der Waals surface area (Å²) in [5, 5.41) is 0. The van der Waals surface area contributed by atoms with Crippen molar-refractivity contribution in [3.05, 3.63) is 29.8 Å². The molecule has 5 nitrogen and oxygen atoms in total. The summed E-state index contributed by atoms with van der Waals surface area (Å²) in [6.45, 7) is 3.69. The highest BCUT2D eigenvalue weighted by Gasteiger charge is 2.13. The smallest absolute Gasteiger partial charge is 0.313 e. The van der Waals surface area contributed by atoms with Gasteiger partial charge in [0.1, 0.15) is 18.8 Å². The molecule has 0 bridgehead atoms. The van der Waals surface area contributed by atoms with E-state index < -0.39 is 5.97 Å². The summed E-state index contributed by atoms with van der Waals surface area (Å²) in [7, 11) is 0. The normalized spacial score (nSPS) is 16.9. The van der Waals surface area contributed by atoms with Gasteiger partial charge in [-0.1, -0.05) is 19.1 Å². The number of ketones is 1. The maximum Gasteiger partial charge on any atom is 0.313 e. The van der Waals surface area contributed by atoms with Gasteiger partial charge in [-0.2, -0.15) is 0 Å². The van der Waals surface area contributed by atoms with Crippen molar-refractivity contribution in [1.29, 1.82) is 0 Å². The first-order valence-electron chi connectivity index (χ1n) is 9.79. The molecule has 0 aromatic heterocycles. The number of carbonyl (C=O) groups excluding carboxylic acids is 2. The van der Waals surface area contributed by atoms with E-state index in [-0.39, 0.29) is 18.5 Å². The molecule has 27 heavy (non-hydrogen) atoms. The Bertz CT molecular complexity index is 584. The molecular formula is C21H30O5S. The van der Waals surface area contributed by atoms with E-state index in [1.54, 1.807) is 11.8 Å². The highest BCUT2D eigenvalue weighted by Crippen LogP contribution is 2.20. The van der Waals surface area contributed by atoms with Crippen molar-refractivity contribution in [2.24, 2.45) is 0 Å². The highest BCUT2D eigenvalue weighted by atomic mass is 32.2. The molecule has 1 aliphatic rings. The molecule has 0 aliphatic carbocycles. The van der Waals surface area contributed by atoms with Crippen LogP contribution in [0.4, 0.5) is 0 Å². The van der Waals surface area contributed by atoms with Crippen LogP contribution in [-0.2, 0) is 30.2 Å². The average molecular weight is 395 g/mol. The van der Waals surface area contributed by atoms with Crippen molar-refractivity contribution in [1.82, 2.24) is 0 Å². The molecule has 6 heteroatoms. The first kappa shape index (κ1) is 21.9. The van der Waals surface area contributed by atoms with Gasteiger partial charge in [0.15, 0.2) is 6.29 Å². The monoisotopic (exact) mass is 394 g/mol. The second kappa shape index (κ2) is 12.9. The van der Waals surface area contributed by atoms with Crippen LogP contribution in [0.1, 0.15) is 51.0 Å². The van der Waals surface area contributed by atoms with E-state index in [1.165, 1.54) is 12.0 Å². The molecule has 1 unspecified atom stereocenters. The molecule has 1 atom stereocenters. The van der Waals surface area contributed by atoms with E-state index in [0.29, 0.717) is 25.4 Å². The van der Waals surface area contributed by atoms with Gasteiger partial charge in [0.25, 0.3) is 0 Å². The van der Waals surface area contributed by atoms with Gasteiger partial charge < -0.3 is 14.2 Å². The molecule has 0 saturated carbocycles. The Morgan fingerprint density at radius 3 is 2.93 bits per heavy atom. The topological polar surface area (TPSA) is 61.8 Å². The van der Waals surface area contributed by atoms with Gasteiger partial charge in [-0.25, -0.2) is 0 Å². The third kappa shape index (κ3) is 9.40. The number of benzene rings is 1. The molecule has 0 amide bonds. The van der Waals surface area contributed by atoms with Crippen LogP contribution in [0.25, 0.3) is 0 Å². The number of carbonyl (C=O) groups is 2. The van der Waals surface area contributed by atoms with Crippen molar-refractivity contribution < 1.29 is 23.8 Å². The van der Waals surface area contributed by atoms with Crippen LogP contribution < -0.4 is 0 Å². The van der Waals surface area contributed by atoms with Crippen LogP contribution in [0.2, 0.25) is 0 Å². The van der Waals surface area contributed by atoms with E-state index in [4.69, 9.17) is 14.2 Å². The van der Waals surface area contributed by atoms with Crippen molar-refractivity contribution in [3.8, 4) is 0 Å². The molecule has 0 radical (unpaired) electrons. The van der Waals surface area contributed by atoms with Gasteiger partial charge >= 0.3 is 5.97 Å². The molecule has 1 heterocycles. The molecule has 1 aromatic carbocycles. The van der Waals surface area contributed by atoms with Crippen molar-refractivity contribution in [3.63, 3.8) is 0 Å². The molecule has 1 aliphatic heterocycles. The Hall–Kier alpha value is -1.37. The van der Waals surface area contributed by atoms with Crippen LogP contribution >= 0.6 is 11.8 Å². The second-order valence-corrected chi connectivity index (χ2v) is 7.77. The predicted molar refractivity (Wildman–Crippen MR) is 106 cm³/mol. The summed E-state index contributed by atoms with van der Waals surface area (Å²) < 4.78 is 16.5. The lowest BCUT2D eigenvalue weighted by atomic mass is 10.1. The van der Waals surface area contributed by atoms with Gasteiger partial charge in [-0.05, 0) is 49.8 Å². The lowest BCUT2D eigenvalue weighted by Crippen LogP contribution is -2.23. The van der Waals surface area contributed by atoms with Crippen molar-refractivity contribution in [2.45, 2.75) is 63.1 Å². The number of esters is 1. The molecule has 0 N–H and O–H groups in total. The summed E-state index contributed by atoms with van der Waals surface area (Å²) in [4.78, 5) is 24.1. The Labute approximate surface area is 166 Å². The standard InChI is InChI=1S/C21H30O5S/c1-2-6-18(22)16-20(23)24-13-14-27-19-8-5-7-17(15-19)10-12-26-21-9-3-4-11-25-21/h5,7-8,15,21H,2-4,6,9-14,16H2,1H3. The number of Topliss-reactive ketones (excluding diaryl/α,β-unsaturated/α-hetero) is 1.